The Morgan fingerprint density at radius 2 is 2.21 bits per heavy atom. The van der Waals surface area contributed by atoms with Gasteiger partial charge in [0.25, 0.3) is 5.91 Å². The number of aliphatic imine (C=N–C) groups is 2. The van der Waals surface area contributed by atoms with Gasteiger partial charge in [0.1, 0.15) is 11.6 Å². The minimum absolute atomic E-state index is 0.0844. The van der Waals surface area contributed by atoms with Crippen LogP contribution in [0.25, 0.3) is 0 Å². The molecule has 0 fully saturated rings. The van der Waals surface area contributed by atoms with Crippen LogP contribution in [0, 0.1) is 0 Å². The fourth-order valence-electron chi connectivity index (χ4n) is 3.10. The monoisotopic (exact) mass is 396 g/mol. The molecule has 2 N–H and O–H groups in total. The van der Waals surface area contributed by atoms with Gasteiger partial charge in [-0.2, -0.15) is 8.78 Å². The van der Waals surface area contributed by atoms with Crippen molar-refractivity contribution in [2.75, 3.05) is 0 Å². The molecule has 2 heterocycles. The minimum atomic E-state index is -3.33. The standard InChI is InChI=1S/C21H18F2N4O2/c1-21(22,23)29-14-7-4-6-13(12-14)20(28)26-16-9-3-2-8-15(16)18-25-17-10-5-11-24-19(17)27-18/h2-7,9-12,19,27H,8H2,1H3,(H,26,28). The summed E-state index contributed by atoms with van der Waals surface area (Å²) >= 11 is 0. The van der Waals surface area contributed by atoms with Gasteiger partial charge in [-0.1, -0.05) is 18.2 Å². The van der Waals surface area contributed by atoms with E-state index in [1.54, 1.807) is 12.3 Å². The topological polar surface area (TPSA) is 75.1 Å². The molecule has 2 aliphatic heterocycles. The van der Waals surface area contributed by atoms with Crippen LogP contribution in [-0.4, -0.2) is 30.1 Å². The van der Waals surface area contributed by atoms with Crippen molar-refractivity contribution in [1.82, 2.24) is 10.6 Å². The van der Waals surface area contributed by atoms with Gasteiger partial charge in [-0.05, 0) is 42.8 Å². The number of nitrogens with one attached hydrogen (secondary N) is 2. The van der Waals surface area contributed by atoms with Gasteiger partial charge in [0.05, 0.1) is 5.71 Å². The Hall–Kier alpha value is -3.55. The van der Waals surface area contributed by atoms with Crippen LogP contribution in [0.4, 0.5) is 8.78 Å². The van der Waals surface area contributed by atoms with E-state index in [4.69, 9.17) is 0 Å². The maximum atomic E-state index is 13.1. The molecular formula is C21H18F2N4O2. The number of carbonyl (C=O) groups is 1. The molecule has 0 saturated carbocycles. The maximum Gasteiger partial charge on any atom is 0.394 e. The molecule has 1 unspecified atom stereocenters. The lowest BCUT2D eigenvalue weighted by molar-refractivity contribution is -0.158. The summed E-state index contributed by atoms with van der Waals surface area (Å²) in [5, 5.41) is 6.08. The predicted molar refractivity (Wildman–Crippen MR) is 106 cm³/mol. The summed E-state index contributed by atoms with van der Waals surface area (Å²) in [7, 11) is 0. The number of rotatable bonds is 4. The summed E-state index contributed by atoms with van der Waals surface area (Å²) in [5.74, 6) is 0.127. The summed E-state index contributed by atoms with van der Waals surface area (Å²) in [6.45, 7) is 0.643. The summed E-state index contributed by atoms with van der Waals surface area (Å²) in [6, 6.07) is 5.67. The van der Waals surface area contributed by atoms with E-state index < -0.39 is 12.0 Å². The largest absolute Gasteiger partial charge is 0.433 e. The lowest BCUT2D eigenvalue weighted by Crippen LogP contribution is -2.30. The van der Waals surface area contributed by atoms with Crippen molar-refractivity contribution >= 4 is 17.8 Å². The number of dihydropyridines is 1. The number of hydrogen-bond acceptors (Lipinski definition) is 5. The first-order valence-electron chi connectivity index (χ1n) is 9.03. The van der Waals surface area contributed by atoms with Gasteiger partial charge < -0.3 is 15.4 Å². The van der Waals surface area contributed by atoms with Gasteiger partial charge in [0, 0.05) is 30.0 Å². The first kappa shape index (κ1) is 18.8. The highest BCUT2D eigenvalue weighted by molar-refractivity contribution is 6.06. The van der Waals surface area contributed by atoms with Gasteiger partial charge in [-0.3, -0.25) is 9.79 Å². The number of benzene rings is 1. The fraction of sp³-hybridized carbons (Fsp3) is 0.190. The third-order valence-electron chi connectivity index (χ3n) is 4.36. The van der Waals surface area contributed by atoms with Crippen molar-refractivity contribution in [3.8, 4) is 5.75 Å². The minimum Gasteiger partial charge on any atom is -0.433 e. The molecule has 1 aromatic rings. The molecular weight excluding hydrogens is 378 g/mol. The first-order valence-corrected chi connectivity index (χ1v) is 9.03. The van der Waals surface area contributed by atoms with E-state index in [9.17, 15) is 13.6 Å². The van der Waals surface area contributed by atoms with Crippen molar-refractivity contribution in [3.63, 3.8) is 0 Å². The zero-order chi connectivity index (χ0) is 20.4. The number of allylic oxidation sites excluding steroid dienone is 5. The molecule has 29 heavy (non-hydrogen) atoms. The number of halogens is 2. The van der Waals surface area contributed by atoms with Crippen LogP contribution in [0.2, 0.25) is 0 Å². The van der Waals surface area contributed by atoms with Gasteiger partial charge in [0.2, 0.25) is 0 Å². The molecule has 3 aliphatic rings. The highest BCUT2D eigenvalue weighted by Gasteiger charge is 2.26. The van der Waals surface area contributed by atoms with Crippen LogP contribution in [0.1, 0.15) is 23.7 Å². The quantitative estimate of drug-likeness (QED) is 0.818. The molecule has 0 saturated heterocycles. The van der Waals surface area contributed by atoms with E-state index in [0.29, 0.717) is 24.9 Å². The van der Waals surface area contributed by atoms with Crippen molar-refractivity contribution in [3.05, 3.63) is 77.3 Å². The van der Waals surface area contributed by atoms with E-state index in [2.05, 4.69) is 25.4 Å². The summed E-state index contributed by atoms with van der Waals surface area (Å²) in [6.07, 6.45) is 8.00. The number of fused-ring (bicyclic) bond motifs is 1. The van der Waals surface area contributed by atoms with Crippen LogP contribution in [0.15, 0.2) is 81.7 Å². The second kappa shape index (κ2) is 7.46. The number of hydrogen-bond donors (Lipinski definition) is 2. The van der Waals surface area contributed by atoms with Crippen LogP contribution >= 0.6 is 0 Å². The molecule has 0 bridgehead atoms. The molecule has 4 rings (SSSR count). The Balaban J connectivity index is 1.55. The van der Waals surface area contributed by atoms with Gasteiger partial charge in [-0.15, -0.1) is 0 Å². The third-order valence-corrected chi connectivity index (χ3v) is 4.36. The van der Waals surface area contributed by atoms with Crippen LogP contribution < -0.4 is 15.4 Å². The number of ether oxygens (including phenoxy) is 1. The Kier molecular flexibility index (Phi) is 4.84. The first-order chi connectivity index (χ1) is 13.9. The molecule has 1 aromatic carbocycles. The van der Waals surface area contributed by atoms with Crippen LogP contribution in [0.5, 0.6) is 5.75 Å². The van der Waals surface area contributed by atoms with Crippen molar-refractivity contribution in [2.45, 2.75) is 25.6 Å². The Morgan fingerprint density at radius 1 is 1.34 bits per heavy atom. The third kappa shape index (κ3) is 4.31. The van der Waals surface area contributed by atoms with E-state index in [0.717, 1.165) is 11.3 Å². The molecule has 8 heteroatoms. The lowest BCUT2D eigenvalue weighted by atomic mass is 10.0. The second-order valence-electron chi connectivity index (χ2n) is 6.67. The lowest BCUT2D eigenvalue weighted by Gasteiger charge is -2.18. The smallest absolute Gasteiger partial charge is 0.394 e. The normalized spacial score (nSPS) is 22.5. The maximum absolute atomic E-state index is 13.1. The van der Waals surface area contributed by atoms with E-state index in [-0.39, 0.29) is 17.5 Å². The van der Waals surface area contributed by atoms with Gasteiger partial charge in [0.15, 0.2) is 6.17 Å². The SMILES string of the molecule is CC(F)(F)Oc1cccc(C(=O)NC2=CC=CCC2=C2N=C3C=CC=NC3N2)c1. The molecule has 1 atom stereocenters. The van der Waals surface area contributed by atoms with E-state index in [1.165, 1.54) is 24.3 Å². The molecule has 1 aliphatic carbocycles. The van der Waals surface area contributed by atoms with Crippen molar-refractivity contribution in [2.24, 2.45) is 9.98 Å². The molecule has 0 aromatic heterocycles. The fourth-order valence-corrected chi connectivity index (χ4v) is 3.10. The summed E-state index contributed by atoms with van der Waals surface area (Å²) < 4.78 is 30.7. The number of nitrogens with zero attached hydrogens (tertiary/aromatic N) is 2. The molecule has 0 spiro atoms. The Morgan fingerprint density at radius 3 is 3.00 bits per heavy atom. The molecule has 0 radical (unpaired) electrons. The van der Waals surface area contributed by atoms with Gasteiger partial charge >= 0.3 is 6.11 Å². The van der Waals surface area contributed by atoms with Gasteiger partial charge in [-0.25, -0.2) is 4.99 Å². The summed E-state index contributed by atoms with van der Waals surface area (Å²) in [4.78, 5) is 21.6. The molecule has 1 amide bonds. The summed E-state index contributed by atoms with van der Waals surface area (Å²) in [5.41, 5.74) is 2.42. The zero-order valence-electron chi connectivity index (χ0n) is 15.5. The van der Waals surface area contributed by atoms with E-state index >= 15 is 0 Å². The number of alkyl halides is 2. The molecule has 148 valence electrons. The predicted octanol–water partition coefficient (Wildman–Crippen LogP) is 3.47. The number of amides is 1. The zero-order valence-corrected chi connectivity index (χ0v) is 15.5. The van der Waals surface area contributed by atoms with Crippen LogP contribution in [-0.2, 0) is 0 Å². The second-order valence-corrected chi connectivity index (χ2v) is 6.67. The average Bonchev–Trinajstić information content (AvgIpc) is 3.11. The Labute approximate surface area is 166 Å². The average molecular weight is 396 g/mol. The van der Waals surface area contributed by atoms with Crippen molar-refractivity contribution < 1.29 is 18.3 Å². The molecule has 6 nitrogen and oxygen atoms in total. The van der Waals surface area contributed by atoms with Crippen molar-refractivity contribution in [1.29, 1.82) is 0 Å². The highest BCUT2D eigenvalue weighted by Crippen LogP contribution is 2.26. The van der Waals surface area contributed by atoms with Crippen LogP contribution in [0.3, 0.4) is 0 Å². The Bertz CT molecular complexity index is 1030. The van der Waals surface area contributed by atoms with E-state index in [1.807, 2.05) is 24.3 Å². The number of carbonyl (C=O) groups excluding carboxylic acids is 1. The highest BCUT2D eigenvalue weighted by atomic mass is 19.3.